The van der Waals surface area contributed by atoms with Crippen molar-refractivity contribution >= 4 is 11.7 Å². The summed E-state index contributed by atoms with van der Waals surface area (Å²) in [6.45, 7) is 5.88. The molecule has 0 unspecified atom stereocenters. The normalized spacial score (nSPS) is 10.5. The summed E-state index contributed by atoms with van der Waals surface area (Å²) in [5.74, 6) is 2.50. The highest BCUT2D eigenvalue weighted by atomic mass is 16.5. The Morgan fingerprint density at radius 1 is 1.12 bits per heavy atom. The molecule has 2 N–H and O–H groups in total. The third-order valence-corrected chi connectivity index (χ3v) is 3.64. The number of benzene rings is 1. The summed E-state index contributed by atoms with van der Waals surface area (Å²) in [5.41, 5.74) is 0.330. The lowest BCUT2D eigenvalue weighted by Gasteiger charge is -2.10. The second-order valence-corrected chi connectivity index (χ2v) is 6.18. The first kappa shape index (κ1) is 19.5. The topological polar surface area (TPSA) is 85.4 Å². The molecule has 0 saturated carbocycles. The highest BCUT2D eigenvalue weighted by Crippen LogP contribution is 2.16. The molecule has 1 amide bonds. The van der Waals surface area contributed by atoms with Crippen LogP contribution in [0.15, 0.2) is 36.7 Å². The van der Waals surface area contributed by atoms with Crippen molar-refractivity contribution in [1.82, 2.24) is 15.3 Å². The number of amides is 1. The molecule has 140 valence electrons. The standard InChI is InChI=1S/C19H26N4O3/c1-14(2)8-9-20-18-12-17(22-13-23-18)19(24)21-10-11-26-16-6-4-15(25-3)5-7-16/h4-7,12-14H,8-11H2,1-3H3,(H,21,24)(H,20,22,23). The predicted octanol–water partition coefficient (Wildman–Crippen LogP) is 2.75. The molecular formula is C19H26N4O3. The van der Waals surface area contributed by atoms with E-state index < -0.39 is 0 Å². The number of hydrogen-bond acceptors (Lipinski definition) is 6. The zero-order chi connectivity index (χ0) is 18.8. The molecule has 7 nitrogen and oxygen atoms in total. The number of carbonyl (C=O) groups is 1. The molecule has 1 aromatic carbocycles. The Labute approximate surface area is 154 Å². The Kier molecular flexibility index (Phi) is 7.67. The number of rotatable bonds is 10. The molecule has 0 spiro atoms. The molecule has 0 saturated heterocycles. The zero-order valence-corrected chi connectivity index (χ0v) is 15.5. The van der Waals surface area contributed by atoms with Gasteiger partial charge in [0, 0.05) is 12.6 Å². The van der Waals surface area contributed by atoms with Crippen molar-refractivity contribution in [2.24, 2.45) is 5.92 Å². The number of aromatic nitrogens is 2. The van der Waals surface area contributed by atoms with Gasteiger partial charge in [-0.05, 0) is 36.6 Å². The monoisotopic (exact) mass is 358 g/mol. The van der Waals surface area contributed by atoms with Crippen molar-refractivity contribution in [2.45, 2.75) is 20.3 Å². The van der Waals surface area contributed by atoms with E-state index in [0.29, 0.717) is 30.6 Å². The number of ether oxygens (including phenoxy) is 2. The van der Waals surface area contributed by atoms with Crippen LogP contribution in [-0.2, 0) is 0 Å². The first-order valence-corrected chi connectivity index (χ1v) is 8.69. The van der Waals surface area contributed by atoms with Gasteiger partial charge in [-0.15, -0.1) is 0 Å². The van der Waals surface area contributed by atoms with Gasteiger partial charge in [-0.2, -0.15) is 0 Å². The molecule has 26 heavy (non-hydrogen) atoms. The maximum atomic E-state index is 12.2. The van der Waals surface area contributed by atoms with Crippen LogP contribution < -0.4 is 20.1 Å². The van der Waals surface area contributed by atoms with Crippen LogP contribution in [0.2, 0.25) is 0 Å². The summed E-state index contributed by atoms with van der Waals surface area (Å²) in [4.78, 5) is 20.3. The minimum Gasteiger partial charge on any atom is -0.497 e. The van der Waals surface area contributed by atoms with Gasteiger partial charge in [-0.1, -0.05) is 13.8 Å². The second-order valence-electron chi connectivity index (χ2n) is 6.18. The Balaban J connectivity index is 1.74. The van der Waals surface area contributed by atoms with Gasteiger partial charge in [0.05, 0.1) is 13.7 Å². The van der Waals surface area contributed by atoms with Gasteiger partial charge < -0.3 is 20.1 Å². The number of nitrogens with one attached hydrogen (secondary N) is 2. The van der Waals surface area contributed by atoms with Crippen molar-refractivity contribution in [3.63, 3.8) is 0 Å². The molecule has 7 heteroatoms. The van der Waals surface area contributed by atoms with Crippen LogP contribution in [0.3, 0.4) is 0 Å². The Hall–Kier alpha value is -2.83. The van der Waals surface area contributed by atoms with Crippen molar-refractivity contribution in [3.8, 4) is 11.5 Å². The van der Waals surface area contributed by atoms with Crippen LogP contribution in [0, 0.1) is 5.92 Å². The fourth-order valence-electron chi connectivity index (χ4n) is 2.16. The summed E-state index contributed by atoms with van der Waals surface area (Å²) in [6.07, 6.45) is 2.43. The van der Waals surface area contributed by atoms with Crippen LogP contribution in [0.25, 0.3) is 0 Å². The molecule has 0 radical (unpaired) electrons. The van der Waals surface area contributed by atoms with Crippen LogP contribution >= 0.6 is 0 Å². The van der Waals surface area contributed by atoms with E-state index in [9.17, 15) is 4.79 Å². The lowest BCUT2D eigenvalue weighted by molar-refractivity contribution is 0.0942. The zero-order valence-electron chi connectivity index (χ0n) is 15.5. The molecule has 2 rings (SSSR count). The van der Waals surface area contributed by atoms with Crippen molar-refractivity contribution < 1.29 is 14.3 Å². The fraction of sp³-hybridized carbons (Fsp3) is 0.421. The van der Waals surface area contributed by atoms with Gasteiger partial charge >= 0.3 is 0 Å². The van der Waals surface area contributed by atoms with Crippen LogP contribution in [0.5, 0.6) is 11.5 Å². The van der Waals surface area contributed by atoms with Gasteiger partial charge in [0.1, 0.15) is 35.9 Å². The molecule has 0 fully saturated rings. The molecule has 0 aliphatic carbocycles. The van der Waals surface area contributed by atoms with E-state index >= 15 is 0 Å². The maximum absolute atomic E-state index is 12.2. The van der Waals surface area contributed by atoms with Gasteiger partial charge in [0.25, 0.3) is 5.91 Å². The number of nitrogens with zero attached hydrogens (tertiary/aromatic N) is 2. The molecule has 2 aromatic rings. The summed E-state index contributed by atoms with van der Waals surface area (Å²) in [5, 5.41) is 5.99. The van der Waals surface area contributed by atoms with E-state index in [1.807, 2.05) is 24.3 Å². The van der Waals surface area contributed by atoms with Gasteiger partial charge in [0.15, 0.2) is 0 Å². The maximum Gasteiger partial charge on any atom is 0.270 e. The largest absolute Gasteiger partial charge is 0.497 e. The van der Waals surface area contributed by atoms with Crippen LogP contribution in [0.1, 0.15) is 30.8 Å². The average Bonchev–Trinajstić information content (AvgIpc) is 2.65. The SMILES string of the molecule is COc1ccc(OCCNC(=O)c2cc(NCCC(C)C)ncn2)cc1. The van der Waals surface area contributed by atoms with E-state index in [2.05, 4.69) is 34.4 Å². The molecule has 0 bridgehead atoms. The summed E-state index contributed by atoms with van der Waals surface area (Å²) >= 11 is 0. The second kappa shape index (κ2) is 10.2. The fourth-order valence-corrected chi connectivity index (χ4v) is 2.16. The summed E-state index contributed by atoms with van der Waals surface area (Å²) in [6, 6.07) is 8.94. The van der Waals surface area contributed by atoms with Gasteiger partial charge in [-0.3, -0.25) is 4.79 Å². The number of hydrogen-bond donors (Lipinski definition) is 2. The summed E-state index contributed by atoms with van der Waals surface area (Å²) < 4.78 is 10.7. The number of anilines is 1. The first-order valence-electron chi connectivity index (χ1n) is 8.69. The number of carbonyl (C=O) groups excluding carboxylic acids is 1. The molecule has 0 aliphatic heterocycles. The van der Waals surface area contributed by atoms with Gasteiger partial charge in [0.2, 0.25) is 0 Å². The molecule has 1 heterocycles. The van der Waals surface area contributed by atoms with E-state index in [4.69, 9.17) is 9.47 Å². The Morgan fingerprint density at radius 3 is 2.54 bits per heavy atom. The third-order valence-electron chi connectivity index (χ3n) is 3.64. The van der Waals surface area contributed by atoms with E-state index in [0.717, 1.165) is 24.5 Å². The van der Waals surface area contributed by atoms with E-state index in [-0.39, 0.29) is 5.91 Å². The predicted molar refractivity (Wildman–Crippen MR) is 101 cm³/mol. The molecule has 1 aromatic heterocycles. The summed E-state index contributed by atoms with van der Waals surface area (Å²) in [7, 11) is 1.61. The van der Waals surface area contributed by atoms with Crippen LogP contribution in [0.4, 0.5) is 5.82 Å². The number of methoxy groups -OCH3 is 1. The van der Waals surface area contributed by atoms with Crippen molar-refractivity contribution in [3.05, 3.63) is 42.4 Å². The Bertz CT molecular complexity index is 689. The highest BCUT2D eigenvalue weighted by Gasteiger charge is 2.08. The minimum absolute atomic E-state index is 0.252. The third kappa shape index (κ3) is 6.58. The van der Waals surface area contributed by atoms with Gasteiger partial charge in [-0.25, -0.2) is 9.97 Å². The minimum atomic E-state index is -0.252. The molecule has 0 aliphatic rings. The van der Waals surface area contributed by atoms with E-state index in [1.54, 1.807) is 13.2 Å². The van der Waals surface area contributed by atoms with Crippen molar-refractivity contribution in [1.29, 1.82) is 0 Å². The van der Waals surface area contributed by atoms with Crippen molar-refractivity contribution in [2.75, 3.05) is 32.1 Å². The Morgan fingerprint density at radius 2 is 1.85 bits per heavy atom. The highest BCUT2D eigenvalue weighted by molar-refractivity contribution is 5.92. The smallest absolute Gasteiger partial charge is 0.270 e. The lowest BCUT2D eigenvalue weighted by Crippen LogP contribution is -2.29. The molecular weight excluding hydrogens is 332 g/mol. The lowest BCUT2D eigenvalue weighted by atomic mass is 10.1. The quantitative estimate of drug-likeness (QED) is 0.635. The van der Waals surface area contributed by atoms with Crippen LogP contribution in [-0.4, -0.2) is 42.7 Å². The average molecular weight is 358 g/mol. The molecule has 0 atom stereocenters. The first-order chi connectivity index (χ1) is 12.6. The van der Waals surface area contributed by atoms with E-state index in [1.165, 1.54) is 6.33 Å².